The summed E-state index contributed by atoms with van der Waals surface area (Å²) in [6, 6.07) is 10.3. The van der Waals surface area contributed by atoms with Gasteiger partial charge in [0, 0.05) is 62.4 Å². The first-order valence-electron chi connectivity index (χ1n) is 26.5. The van der Waals surface area contributed by atoms with Crippen LogP contribution in [0.25, 0.3) is 21.9 Å². The van der Waals surface area contributed by atoms with E-state index >= 15 is 0 Å². The number of rotatable bonds is 29. The van der Waals surface area contributed by atoms with Crippen LogP contribution in [0.4, 0.5) is 25.9 Å². The third-order valence-electron chi connectivity index (χ3n) is 13.2. The number of unbranched alkanes of at least 4 members (excludes halogenated alkanes) is 2. The number of hydrogen-bond acceptors (Lipinski definition) is 14. The predicted octanol–water partition coefficient (Wildman–Crippen LogP) is 4.42. The van der Waals surface area contributed by atoms with Gasteiger partial charge in [-0.2, -0.15) is 0 Å². The van der Waals surface area contributed by atoms with Crippen LogP contribution in [-0.2, 0) is 62.7 Å². The molecule has 0 saturated carbocycles. The summed E-state index contributed by atoms with van der Waals surface area (Å²) in [5.74, 6) is -2.32. The highest BCUT2D eigenvalue weighted by Gasteiger charge is 2.36. The number of hydrogen-bond donors (Lipinski definition) is 8. The summed E-state index contributed by atoms with van der Waals surface area (Å²) in [5, 5.41) is 26.8. The molecule has 10 amide bonds. The Bertz CT molecular complexity index is 2870. The minimum absolute atomic E-state index is 0.0986. The number of imidazole rings is 1. The second-order valence-electron chi connectivity index (χ2n) is 20.1. The highest BCUT2D eigenvalue weighted by molar-refractivity contribution is 6.13. The molecule has 79 heavy (non-hydrogen) atoms. The predicted molar refractivity (Wildman–Crippen MR) is 290 cm³/mol. The number of nitrogens with zero attached hydrogens (tertiary/aromatic N) is 5. The Hall–Kier alpha value is -8.19. The molecule has 2 aromatic carbocycles. The Morgan fingerprint density at radius 2 is 1.59 bits per heavy atom. The number of imide groups is 1. The Morgan fingerprint density at radius 3 is 2.29 bits per heavy atom. The molecular formula is C54H72N12O13. The number of carboxylic acid groups (broad SMARTS) is 1. The Balaban J connectivity index is 0.988. The zero-order valence-corrected chi connectivity index (χ0v) is 45.3. The van der Waals surface area contributed by atoms with Gasteiger partial charge >= 0.3 is 18.2 Å². The number of likely N-dealkylation sites (tertiary alicyclic amines) is 1. The molecular weight excluding hydrogens is 1020 g/mol. The number of nitrogens with one attached hydrogen (secondary N) is 6. The standard InChI is InChI=1S/C54H72N12O13/c1-6-77-31-40-61-45-46(36-14-9-10-15-37(36)59-47(45)63-49(71)39-17-13-28-64(39)53(75)76)66(40)32-54(4,5)79-29-26-57-52(74)78-30-34-19-21-35(22-20-34)58-48(70)38(16-12-25-56-51(55)73)60-50(72)44(33(2)3)62-41(67)18-8-7-11-27-65-42(68)23-24-43(65)69/h9-10,14-15,19-24,33,38-39,44H,6-8,11-13,16-18,25-32H2,1-5H3,(H,57,74)(H,58,70)(H,60,72)(H,62,67)(H,75,76)(H3,55,56,73)(H,59,63,71). The van der Waals surface area contributed by atoms with Crippen LogP contribution < -0.4 is 37.6 Å². The van der Waals surface area contributed by atoms with Crippen molar-refractivity contribution in [1.29, 1.82) is 0 Å². The summed E-state index contributed by atoms with van der Waals surface area (Å²) in [4.78, 5) is 125. The van der Waals surface area contributed by atoms with Crippen LogP contribution in [0.3, 0.4) is 0 Å². The van der Waals surface area contributed by atoms with Crippen molar-refractivity contribution in [3.8, 4) is 0 Å². The van der Waals surface area contributed by atoms with Gasteiger partial charge in [-0.05, 0) is 89.0 Å². The quantitative estimate of drug-likeness (QED) is 0.0276. The minimum atomic E-state index is -1.16. The first-order valence-corrected chi connectivity index (χ1v) is 26.5. The molecule has 2 aliphatic rings. The first-order chi connectivity index (χ1) is 37.7. The topological polar surface area (TPSA) is 337 Å². The van der Waals surface area contributed by atoms with Crippen molar-refractivity contribution >= 4 is 87.1 Å². The molecule has 0 aliphatic carbocycles. The van der Waals surface area contributed by atoms with Gasteiger partial charge in [0.1, 0.15) is 42.7 Å². The summed E-state index contributed by atoms with van der Waals surface area (Å²) in [6.07, 6.45) is 3.59. The van der Waals surface area contributed by atoms with Crippen molar-refractivity contribution < 1.29 is 62.5 Å². The number of fused-ring (bicyclic) bond motifs is 3. The third kappa shape index (κ3) is 17.2. The average molecular weight is 1100 g/mol. The number of primary amides is 1. The van der Waals surface area contributed by atoms with Gasteiger partial charge in [0.25, 0.3) is 11.8 Å². The van der Waals surface area contributed by atoms with Crippen LogP contribution in [0.5, 0.6) is 0 Å². The SMILES string of the molecule is CCOCc1nc2c(NC(=O)C3CCCN3C(=O)O)nc3ccccc3c2n1CC(C)(C)OCCNC(=O)OCc1ccc(NC(=O)C(CCCNC(N)=O)NC(=O)C(NC(=O)CCCCCN2C(=O)C=CC2=O)C(C)C)cc1. The number of benzene rings is 2. The normalized spacial score (nSPS) is 15.1. The number of ether oxygens (including phenoxy) is 3. The van der Waals surface area contributed by atoms with E-state index in [-0.39, 0.29) is 101 Å². The molecule has 3 atom stereocenters. The fourth-order valence-corrected chi connectivity index (χ4v) is 9.14. The van der Waals surface area contributed by atoms with E-state index in [1.165, 1.54) is 12.2 Å². The summed E-state index contributed by atoms with van der Waals surface area (Å²) >= 11 is 0. The van der Waals surface area contributed by atoms with Crippen LogP contribution in [0.15, 0.2) is 60.7 Å². The highest BCUT2D eigenvalue weighted by Crippen LogP contribution is 2.33. The Kier molecular flexibility index (Phi) is 21.6. The molecule has 2 aliphatic heterocycles. The van der Waals surface area contributed by atoms with Gasteiger partial charge < -0.3 is 61.5 Å². The number of nitrogens with two attached hydrogens (primary N) is 1. The number of urea groups is 1. The van der Waals surface area contributed by atoms with Gasteiger partial charge in [-0.15, -0.1) is 0 Å². The van der Waals surface area contributed by atoms with E-state index in [4.69, 9.17) is 29.9 Å². The Labute approximate surface area is 457 Å². The van der Waals surface area contributed by atoms with Gasteiger partial charge in [0.15, 0.2) is 5.82 Å². The van der Waals surface area contributed by atoms with E-state index in [1.54, 1.807) is 38.1 Å². The van der Waals surface area contributed by atoms with E-state index in [2.05, 4.69) is 31.9 Å². The molecule has 25 heteroatoms. The molecule has 9 N–H and O–H groups in total. The molecule has 1 fully saturated rings. The number of pyridine rings is 1. The monoisotopic (exact) mass is 1100 g/mol. The van der Waals surface area contributed by atoms with Gasteiger partial charge in [-0.3, -0.25) is 38.6 Å². The number of carbonyl (C=O) groups excluding carboxylic acids is 8. The van der Waals surface area contributed by atoms with Gasteiger partial charge in [-0.25, -0.2) is 24.4 Å². The van der Waals surface area contributed by atoms with Crippen molar-refractivity contribution in [3.05, 3.63) is 72.1 Å². The first kappa shape index (κ1) is 60.0. The number of carbonyl (C=O) groups is 9. The third-order valence-corrected chi connectivity index (χ3v) is 13.2. The van der Waals surface area contributed by atoms with E-state index in [9.17, 15) is 48.3 Å². The lowest BCUT2D eigenvalue weighted by atomic mass is 10.0. The zero-order chi connectivity index (χ0) is 57.2. The van der Waals surface area contributed by atoms with Gasteiger partial charge in [0.2, 0.25) is 23.6 Å². The molecule has 0 bridgehead atoms. The van der Waals surface area contributed by atoms with Crippen LogP contribution >= 0.6 is 0 Å². The zero-order valence-electron chi connectivity index (χ0n) is 45.3. The van der Waals surface area contributed by atoms with E-state index < -0.39 is 59.7 Å². The lowest BCUT2D eigenvalue weighted by Crippen LogP contribution is -2.54. The number of alkyl carbamates (subject to hydrolysis) is 1. The lowest BCUT2D eigenvalue weighted by Gasteiger charge is -2.27. The van der Waals surface area contributed by atoms with Crippen molar-refractivity contribution in [2.45, 2.75) is 129 Å². The molecule has 4 aromatic rings. The Morgan fingerprint density at radius 1 is 0.861 bits per heavy atom. The average Bonchev–Trinajstić information content (AvgIpc) is 4.36. The maximum atomic E-state index is 13.7. The number of amides is 10. The molecule has 426 valence electrons. The van der Waals surface area contributed by atoms with Crippen molar-refractivity contribution in [2.24, 2.45) is 11.7 Å². The van der Waals surface area contributed by atoms with E-state index in [0.29, 0.717) is 72.3 Å². The molecule has 25 nitrogen and oxygen atoms in total. The van der Waals surface area contributed by atoms with Gasteiger partial charge in [0.05, 0.1) is 29.8 Å². The number of anilines is 2. The molecule has 0 radical (unpaired) electrons. The van der Waals surface area contributed by atoms with Crippen LogP contribution in [0, 0.1) is 5.92 Å². The number of aromatic nitrogens is 3. The summed E-state index contributed by atoms with van der Waals surface area (Å²) < 4.78 is 19.5. The van der Waals surface area contributed by atoms with Crippen LogP contribution in [0.1, 0.15) is 97.4 Å². The lowest BCUT2D eigenvalue weighted by molar-refractivity contribution is -0.137. The van der Waals surface area contributed by atoms with E-state index in [0.717, 1.165) is 15.2 Å². The minimum Gasteiger partial charge on any atom is -0.465 e. The highest BCUT2D eigenvalue weighted by atomic mass is 16.5. The smallest absolute Gasteiger partial charge is 0.407 e. The van der Waals surface area contributed by atoms with Crippen LogP contribution in [-0.4, -0.2) is 146 Å². The summed E-state index contributed by atoms with van der Waals surface area (Å²) in [7, 11) is 0. The molecule has 4 heterocycles. The van der Waals surface area contributed by atoms with Crippen LogP contribution in [0.2, 0.25) is 0 Å². The van der Waals surface area contributed by atoms with Gasteiger partial charge in [-0.1, -0.05) is 50.6 Å². The molecule has 6 rings (SSSR count). The molecule has 1 saturated heterocycles. The fraction of sp³-hybridized carbons (Fsp3) is 0.500. The van der Waals surface area contributed by atoms with E-state index in [1.807, 2.05) is 49.6 Å². The second kappa shape index (κ2) is 28.4. The van der Waals surface area contributed by atoms with Crippen molar-refractivity contribution in [3.63, 3.8) is 0 Å². The molecule has 0 spiro atoms. The maximum absolute atomic E-state index is 13.7. The van der Waals surface area contributed by atoms with Crippen molar-refractivity contribution in [2.75, 3.05) is 50.0 Å². The largest absolute Gasteiger partial charge is 0.465 e. The summed E-state index contributed by atoms with van der Waals surface area (Å²) in [5.41, 5.74) is 7.05. The molecule has 3 unspecified atom stereocenters. The second-order valence-corrected chi connectivity index (χ2v) is 20.1. The number of para-hydroxylation sites is 1. The molecule has 2 aromatic heterocycles. The summed E-state index contributed by atoms with van der Waals surface area (Å²) in [6.45, 7) is 10.8. The van der Waals surface area contributed by atoms with Crippen molar-refractivity contribution in [1.82, 2.24) is 45.6 Å². The maximum Gasteiger partial charge on any atom is 0.407 e. The fourth-order valence-electron chi connectivity index (χ4n) is 9.14.